The molecule has 5 nitrogen and oxygen atoms in total. The molecule has 2 N–H and O–H groups in total. The average Bonchev–Trinajstić information content (AvgIpc) is 2.49. The van der Waals surface area contributed by atoms with E-state index in [1.807, 2.05) is 38.1 Å². The van der Waals surface area contributed by atoms with Crippen LogP contribution in [-0.2, 0) is 9.59 Å². The quantitative estimate of drug-likeness (QED) is 0.682. The lowest BCUT2D eigenvalue weighted by molar-refractivity contribution is -0.126. The number of hydrogen-bond donors (Lipinski definition) is 2. The van der Waals surface area contributed by atoms with Gasteiger partial charge in [-0.2, -0.15) is 0 Å². The standard InChI is InChI=1S/C16H24N2O3/c1-3-10-17-16(20)12-18-15(19)9-6-11-21-14-8-5-4-7-13(14)2/h4-5,7-8H,3,6,9-12H2,1-2H3,(H,17,20)(H,18,19). The molecule has 0 saturated carbocycles. The molecule has 116 valence electrons. The summed E-state index contributed by atoms with van der Waals surface area (Å²) in [4.78, 5) is 22.9. The van der Waals surface area contributed by atoms with E-state index in [1.54, 1.807) is 0 Å². The summed E-state index contributed by atoms with van der Waals surface area (Å²) in [5.74, 6) is 0.563. The summed E-state index contributed by atoms with van der Waals surface area (Å²) in [7, 11) is 0. The smallest absolute Gasteiger partial charge is 0.239 e. The summed E-state index contributed by atoms with van der Waals surface area (Å²) in [5, 5.41) is 5.30. The van der Waals surface area contributed by atoms with Crippen molar-refractivity contribution in [2.24, 2.45) is 0 Å². The highest BCUT2D eigenvalue weighted by molar-refractivity contribution is 5.84. The van der Waals surface area contributed by atoms with Crippen LogP contribution in [-0.4, -0.2) is 31.5 Å². The van der Waals surface area contributed by atoms with Crippen LogP contribution in [0.2, 0.25) is 0 Å². The third kappa shape index (κ3) is 7.34. The molecule has 0 spiro atoms. The highest BCUT2D eigenvalue weighted by Gasteiger charge is 2.05. The summed E-state index contributed by atoms with van der Waals surface area (Å²) < 4.78 is 5.61. The van der Waals surface area contributed by atoms with E-state index in [2.05, 4.69) is 10.6 Å². The van der Waals surface area contributed by atoms with E-state index in [-0.39, 0.29) is 18.4 Å². The van der Waals surface area contributed by atoms with Gasteiger partial charge < -0.3 is 15.4 Å². The first-order valence-electron chi connectivity index (χ1n) is 7.35. The zero-order valence-electron chi connectivity index (χ0n) is 12.8. The predicted molar refractivity (Wildman–Crippen MR) is 82.2 cm³/mol. The minimum Gasteiger partial charge on any atom is -0.493 e. The van der Waals surface area contributed by atoms with Gasteiger partial charge in [0, 0.05) is 13.0 Å². The van der Waals surface area contributed by atoms with E-state index in [0.717, 1.165) is 17.7 Å². The molecule has 0 aromatic heterocycles. The molecule has 1 rings (SSSR count). The topological polar surface area (TPSA) is 67.4 Å². The number of para-hydroxylation sites is 1. The van der Waals surface area contributed by atoms with Crippen LogP contribution in [0.4, 0.5) is 0 Å². The van der Waals surface area contributed by atoms with Crippen LogP contribution in [0.5, 0.6) is 5.75 Å². The van der Waals surface area contributed by atoms with Crippen LogP contribution in [0.15, 0.2) is 24.3 Å². The van der Waals surface area contributed by atoms with Crippen LogP contribution < -0.4 is 15.4 Å². The van der Waals surface area contributed by atoms with Gasteiger partial charge in [-0.3, -0.25) is 9.59 Å². The lowest BCUT2D eigenvalue weighted by Gasteiger charge is -2.09. The SMILES string of the molecule is CCCNC(=O)CNC(=O)CCCOc1ccccc1C. The summed E-state index contributed by atoms with van der Waals surface area (Å²) in [6.07, 6.45) is 1.86. The molecule has 1 aromatic carbocycles. The van der Waals surface area contributed by atoms with Crippen molar-refractivity contribution in [3.63, 3.8) is 0 Å². The summed E-state index contributed by atoms with van der Waals surface area (Å²) in [5.41, 5.74) is 1.08. The molecule has 0 bridgehead atoms. The Balaban J connectivity index is 2.11. The summed E-state index contributed by atoms with van der Waals surface area (Å²) in [6, 6.07) is 7.77. The van der Waals surface area contributed by atoms with Crippen molar-refractivity contribution in [3.05, 3.63) is 29.8 Å². The highest BCUT2D eigenvalue weighted by Crippen LogP contribution is 2.16. The molecule has 0 saturated heterocycles. The first-order valence-corrected chi connectivity index (χ1v) is 7.35. The second-order valence-corrected chi connectivity index (χ2v) is 4.84. The average molecular weight is 292 g/mol. The van der Waals surface area contributed by atoms with Crippen molar-refractivity contribution in [1.29, 1.82) is 0 Å². The van der Waals surface area contributed by atoms with Crippen LogP contribution in [0.1, 0.15) is 31.7 Å². The molecule has 0 fully saturated rings. The normalized spacial score (nSPS) is 10.0. The maximum atomic E-state index is 11.6. The largest absolute Gasteiger partial charge is 0.493 e. The minimum atomic E-state index is -0.152. The van der Waals surface area contributed by atoms with Crippen molar-refractivity contribution in [1.82, 2.24) is 10.6 Å². The molecule has 21 heavy (non-hydrogen) atoms. The summed E-state index contributed by atoms with van der Waals surface area (Å²) in [6.45, 7) is 5.13. The Morgan fingerprint density at radius 2 is 1.90 bits per heavy atom. The van der Waals surface area contributed by atoms with E-state index < -0.39 is 0 Å². The van der Waals surface area contributed by atoms with Crippen LogP contribution in [0, 0.1) is 6.92 Å². The first-order chi connectivity index (χ1) is 10.1. The van der Waals surface area contributed by atoms with Crippen molar-refractivity contribution < 1.29 is 14.3 Å². The molecule has 0 aliphatic rings. The number of nitrogens with one attached hydrogen (secondary N) is 2. The Hall–Kier alpha value is -2.04. The number of carbonyl (C=O) groups excluding carboxylic acids is 2. The molecule has 0 atom stereocenters. The number of ether oxygens (including phenoxy) is 1. The van der Waals surface area contributed by atoms with Crippen molar-refractivity contribution in [3.8, 4) is 5.75 Å². The monoisotopic (exact) mass is 292 g/mol. The van der Waals surface area contributed by atoms with E-state index in [0.29, 0.717) is 26.0 Å². The maximum Gasteiger partial charge on any atom is 0.239 e. The fraction of sp³-hybridized carbons (Fsp3) is 0.500. The van der Waals surface area contributed by atoms with Crippen LogP contribution >= 0.6 is 0 Å². The van der Waals surface area contributed by atoms with Crippen LogP contribution in [0.25, 0.3) is 0 Å². The molecule has 5 heteroatoms. The van der Waals surface area contributed by atoms with Gasteiger partial charge in [-0.25, -0.2) is 0 Å². The van der Waals surface area contributed by atoms with Crippen molar-refractivity contribution >= 4 is 11.8 Å². The van der Waals surface area contributed by atoms with Gasteiger partial charge >= 0.3 is 0 Å². The Morgan fingerprint density at radius 1 is 1.14 bits per heavy atom. The van der Waals surface area contributed by atoms with E-state index in [1.165, 1.54) is 0 Å². The molecule has 0 aliphatic carbocycles. The maximum absolute atomic E-state index is 11.6. The lowest BCUT2D eigenvalue weighted by Crippen LogP contribution is -2.37. The van der Waals surface area contributed by atoms with Gasteiger partial charge in [0.05, 0.1) is 13.2 Å². The molecular weight excluding hydrogens is 268 g/mol. The van der Waals surface area contributed by atoms with Gasteiger partial charge in [-0.1, -0.05) is 25.1 Å². The third-order valence-corrected chi connectivity index (χ3v) is 2.92. The molecule has 0 heterocycles. The molecule has 2 amide bonds. The van der Waals surface area contributed by atoms with E-state index in [4.69, 9.17) is 4.74 Å². The first kappa shape index (κ1) is 17.0. The fourth-order valence-corrected chi connectivity index (χ4v) is 1.73. The highest BCUT2D eigenvalue weighted by atomic mass is 16.5. The van der Waals surface area contributed by atoms with Gasteiger partial charge in [0.25, 0.3) is 0 Å². The van der Waals surface area contributed by atoms with Gasteiger partial charge in [0.2, 0.25) is 11.8 Å². The van der Waals surface area contributed by atoms with Gasteiger partial charge in [-0.15, -0.1) is 0 Å². The van der Waals surface area contributed by atoms with E-state index >= 15 is 0 Å². The number of aryl methyl sites for hydroxylation is 1. The van der Waals surface area contributed by atoms with Crippen molar-refractivity contribution in [2.75, 3.05) is 19.7 Å². The predicted octanol–water partition coefficient (Wildman–Crippen LogP) is 1.80. The Morgan fingerprint density at radius 3 is 2.62 bits per heavy atom. The third-order valence-electron chi connectivity index (χ3n) is 2.92. The zero-order chi connectivity index (χ0) is 15.5. The Bertz CT molecular complexity index is 461. The number of hydrogen-bond acceptors (Lipinski definition) is 3. The zero-order valence-corrected chi connectivity index (χ0v) is 12.8. The molecular formula is C16H24N2O3. The summed E-state index contributed by atoms with van der Waals surface area (Å²) >= 11 is 0. The fourth-order valence-electron chi connectivity index (χ4n) is 1.73. The Kier molecular flexibility index (Phi) is 7.94. The Labute approximate surface area is 126 Å². The number of amides is 2. The van der Waals surface area contributed by atoms with E-state index in [9.17, 15) is 9.59 Å². The lowest BCUT2D eigenvalue weighted by atomic mass is 10.2. The number of carbonyl (C=O) groups is 2. The van der Waals surface area contributed by atoms with Gasteiger partial charge in [0.15, 0.2) is 0 Å². The molecule has 0 radical (unpaired) electrons. The number of rotatable bonds is 9. The molecule has 0 unspecified atom stereocenters. The van der Waals surface area contributed by atoms with Crippen molar-refractivity contribution in [2.45, 2.75) is 33.1 Å². The molecule has 0 aliphatic heterocycles. The number of benzene rings is 1. The molecule has 1 aromatic rings. The minimum absolute atomic E-state index is 0.0392. The second kappa shape index (κ2) is 9.80. The van der Waals surface area contributed by atoms with Crippen LogP contribution in [0.3, 0.4) is 0 Å². The van der Waals surface area contributed by atoms with Gasteiger partial charge in [-0.05, 0) is 31.4 Å². The second-order valence-electron chi connectivity index (χ2n) is 4.84. The van der Waals surface area contributed by atoms with Gasteiger partial charge in [0.1, 0.15) is 5.75 Å².